The summed E-state index contributed by atoms with van der Waals surface area (Å²) in [5, 5.41) is 5.44. The number of rotatable bonds is 7. The van der Waals surface area contributed by atoms with E-state index in [2.05, 4.69) is 25.3 Å². The van der Waals surface area contributed by atoms with Crippen molar-refractivity contribution in [3.63, 3.8) is 0 Å². The van der Waals surface area contributed by atoms with Crippen molar-refractivity contribution in [3.05, 3.63) is 53.9 Å². The van der Waals surface area contributed by atoms with Crippen LogP contribution in [0.4, 0.5) is 16.2 Å². The molecule has 2 aromatic carbocycles. The normalized spacial score (nSPS) is 11.9. The van der Waals surface area contributed by atoms with Crippen LogP contribution in [0, 0.1) is 0 Å². The Morgan fingerprint density at radius 2 is 1.84 bits per heavy atom. The molecule has 11 heteroatoms. The molecule has 3 rings (SSSR count). The van der Waals surface area contributed by atoms with Crippen molar-refractivity contribution in [1.29, 1.82) is 0 Å². The number of ether oxygens (including phenoxy) is 2. The zero-order chi connectivity index (χ0) is 27.3. The Labute approximate surface area is 214 Å². The Bertz CT molecular complexity index is 1330. The number of anilines is 2. The molecule has 0 unspecified atom stereocenters. The first-order valence-electron chi connectivity index (χ1n) is 11.6. The lowest BCUT2D eigenvalue weighted by molar-refractivity contribution is -0.118. The van der Waals surface area contributed by atoms with Crippen LogP contribution in [0.2, 0.25) is 0 Å². The highest BCUT2D eigenvalue weighted by Gasteiger charge is 2.25. The van der Waals surface area contributed by atoms with Crippen LogP contribution in [0.1, 0.15) is 43.9 Å². The Kier molecular flexibility index (Phi) is 8.16. The summed E-state index contributed by atoms with van der Waals surface area (Å²) in [5.74, 6) is -1.19. The molecule has 196 valence electrons. The minimum atomic E-state index is -0.990. The summed E-state index contributed by atoms with van der Waals surface area (Å²) in [6.45, 7) is 6.64. The van der Waals surface area contributed by atoms with Crippen LogP contribution in [0.15, 0.2) is 42.5 Å². The van der Waals surface area contributed by atoms with Crippen LogP contribution in [-0.4, -0.2) is 59.6 Å². The summed E-state index contributed by atoms with van der Waals surface area (Å²) in [5.41, 5.74) is 2.11. The first-order chi connectivity index (χ1) is 17.4. The third kappa shape index (κ3) is 7.29. The molecule has 0 aliphatic carbocycles. The lowest BCUT2D eigenvalue weighted by Gasteiger charge is -2.24. The summed E-state index contributed by atoms with van der Waals surface area (Å²) >= 11 is 0. The van der Waals surface area contributed by atoms with Crippen LogP contribution in [-0.2, 0) is 25.5 Å². The Hall–Kier alpha value is -4.41. The molecule has 0 fully saturated rings. The summed E-state index contributed by atoms with van der Waals surface area (Å²) < 4.78 is 10.0. The molecule has 1 heterocycles. The lowest BCUT2D eigenvalue weighted by atomic mass is 10.0. The van der Waals surface area contributed by atoms with Gasteiger partial charge < -0.3 is 30.0 Å². The molecule has 0 spiro atoms. The fourth-order valence-electron chi connectivity index (χ4n) is 3.48. The van der Waals surface area contributed by atoms with Gasteiger partial charge >= 0.3 is 12.1 Å². The number of aromatic nitrogens is 2. The Morgan fingerprint density at radius 3 is 2.49 bits per heavy atom. The number of imidazole rings is 1. The van der Waals surface area contributed by atoms with E-state index < -0.39 is 29.6 Å². The predicted octanol–water partition coefficient (Wildman–Crippen LogP) is 3.41. The van der Waals surface area contributed by atoms with Crippen LogP contribution in [0.5, 0.6) is 0 Å². The van der Waals surface area contributed by atoms with Crippen molar-refractivity contribution >= 4 is 46.3 Å². The summed E-state index contributed by atoms with van der Waals surface area (Å²) in [4.78, 5) is 57.8. The number of H-pyrrole nitrogens is 1. The van der Waals surface area contributed by atoms with Gasteiger partial charge in [-0.2, -0.15) is 0 Å². The summed E-state index contributed by atoms with van der Waals surface area (Å²) in [7, 11) is 2.91. The highest BCUT2D eigenvalue weighted by Crippen LogP contribution is 2.20. The quantitative estimate of drug-likeness (QED) is 0.414. The van der Waals surface area contributed by atoms with Gasteiger partial charge in [0.05, 0.1) is 18.1 Å². The average molecular weight is 510 g/mol. The number of esters is 1. The largest absolute Gasteiger partial charge is 0.463 e. The third-order valence-corrected chi connectivity index (χ3v) is 5.35. The van der Waals surface area contributed by atoms with E-state index in [0.29, 0.717) is 22.4 Å². The molecular formula is C26H31N5O6. The minimum absolute atomic E-state index is 0.0425. The number of hydrogen-bond acceptors (Lipinski definition) is 7. The van der Waals surface area contributed by atoms with E-state index in [1.807, 2.05) is 0 Å². The Balaban J connectivity index is 1.84. The number of methoxy groups -OCH3 is 1. The van der Waals surface area contributed by atoms with Gasteiger partial charge in [0.1, 0.15) is 11.6 Å². The number of carbonyl (C=O) groups excluding carboxylic acids is 4. The van der Waals surface area contributed by atoms with Crippen LogP contribution >= 0.6 is 0 Å². The number of nitrogens with zero attached hydrogens (tertiary/aromatic N) is 2. The minimum Gasteiger partial charge on any atom is -0.463 e. The molecular weight excluding hydrogens is 478 g/mol. The fraction of sp³-hybridized carbons (Fsp3) is 0.346. The number of nitrogens with one attached hydrogen (secondary N) is 3. The highest BCUT2D eigenvalue weighted by molar-refractivity contribution is 5.99. The number of amides is 3. The number of hydrogen-bond donors (Lipinski definition) is 3. The maximum Gasteiger partial charge on any atom is 0.408 e. The predicted molar refractivity (Wildman–Crippen MR) is 138 cm³/mol. The molecule has 0 saturated carbocycles. The number of aromatic amines is 1. The molecule has 3 aromatic rings. The third-order valence-electron chi connectivity index (χ3n) is 5.35. The lowest BCUT2D eigenvalue weighted by Crippen LogP contribution is -2.47. The van der Waals surface area contributed by atoms with E-state index in [1.165, 1.54) is 18.9 Å². The van der Waals surface area contributed by atoms with Gasteiger partial charge in [-0.3, -0.25) is 9.59 Å². The smallest absolute Gasteiger partial charge is 0.408 e. The first-order valence-corrected chi connectivity index (χ1v) is 11.6. The van der Waals surface area contributed by atoms with Gasteiger partial charge in [-0.1, -0.05) is 12.1 Å². The van der Waals surface area contributed by atoms with Gasteiger partial charge in [0.25, 0.3) is 0 Å². The molecule has 0 bridgehead atoms. The van der Waals surface area contributed by atoms with Gasteiger partial charge in [-0.25, -0.2) is 14.6 Å². The fourth-order valence-corrected chi connectivity index (χ4v) is 3.48. The standard InChI is InChI=1S/C26H31N5O6/c1-15(32)31(5)18-9-7-8-16(12-18)13-21(30-25(35)37-26(2,3)4)23(33)27-17-10-11-19-20(14-17)29-22(28-19)24(34)36-6/h7-12,14,21H,13H2,1-6H3,(H,27,33)(H,28,29)(H,30,35)/t21-/m0/s1. The van der Waals surface area contributed by atoms with Crippen molar-refractivity contribution < 1.29 is 28.7 Å². The molecule has 11 nitrogen and oxygen atoms in total. The van der Waals surface area contributed by atoms with Gasteiger partial charge in [0.15, 0.2) is 0 Å². The number of fused-ring (bicyclic) bond motifs is 1. The van der Waals surface area contributed by atoms with Crippen molar-refractivity contribution in [2.24, 2.45) is 0 Å². The van der Waals surface area contributed by atoms with E-state index in [-0.39, 0.29) is 18.2 Å². The maximum atomic E-state index is 13.3. The SMILES string of the molecule is COC(=O)c1nc2ccc(NC(=O)[C@H](Cc3cccc(N(C)C(C)=O)c3)NC(=O)OC(C)(C)C)cc2[nH]1. The van der Waals surface area contributed by atoms with Gasteiger partial charge in [0.2, 0.25) is 17.6 Å². The average Bonchev–Trinajstić information content (AvgIpc) is 3.25. The van der Waals surface area contributed by atoms with Crippen LogP contribution in [0.3, 0.4) is 0 Å². The zero-order valence-electron chi connectivity index (χ0n) is 21.7. The molecule has 3 N–H and O–H groups in total. The number of alkyl carbamates (subject to hydrolysis) is 1. The molecule has 0 saturated heterocycles. The van der Waals surface area contributed by atoms with Crippen molar-refractivity contribution in [2.75, 3.05) is 24.4 Å². The summed E-state index contributed by atoms with van der Waals surface area (Å²) in [6, 6.07) is 11.1. The van der Waals surface area contributed by atoms with Crippen molar-refractivity contribution in [3.8, 4) is 0 Å². The molecule has 1 aromatic heterocycles. The van der Waals surface area contributed by atoms with Crippen molar-refractivity contribution in [2.45, 2.75) is 45.8 Å². The second-order valence-electron chi connectivity index (χ2n) is 9.45. The van der Waals surface area contributed by atoms with Gasteiger partial charge in [-0.15, -0.1) is 0 Å². The highest BCUT2D eigenvalue weighted by atomic mass is 16.6. The van der Waals surface area contributed by atoms with E-state index in [9.17, 15) is 19.2 Å². The second-order valence-corrected chi connectivity index (χ2v) is 9.45. The molecule has 3 amide bonds. The van der Waals surface area contributed by atoms with Gasteiger partial charge in [-0.05, 0) is 56.7 Å². The van der Waals surface area contributed by atoms with Crippen molar-refractivity contribution in [1.82, 2.24) is 15.3 Å². The molecule has 0 aliphatic heterocycles. The van der Waals surface area contributed by atoms with E-state index in [0.717, 1.165) is 5.56 Å². The molecule has 0 radical (unpaired) electrons. The van der Waals surface area contributed by atoms with Gasteiger partial charge in [0, 0.05) is 31.8 Å². The zero-order valence-corrected chi connectivity index (χ0v) is 21.7. The number of carbonyl (C=O) groups is 4. The monoisotopic (exact) mass is 509 g/mol. The van der Waals surface area contributed by atoms with E-state index >= 15 is 0 Å². The van der Waals surface area contributed by atoms with Crippen LogP contribution in [0.25, 0.3) is 11.0 Å². The maximum absolute atomic E-state index is 13.3. The Morgan fingerprint density at radius 1 is 1.11 bits per heavy atom. The topological polar surface area (TPSA) is 143 Å². The van der Waals surface area contributed by atoms with Crippen LogP contribution < -0.4 is 15.5 Å². The first kappa shape index (κ1) is 27.2. The molecule has 0 aliphatic rings. The second kappa shape index (κ2) is 11.1. The summed E-state index contributed by atoms with van der Waals surface area (Å²) in [6.07, 6.45) is -0.597. The number of benzene rings is 2. The molecule has 37 heavy (non-hydrogen) atoms. The van der Waals surface area contributed by atoms with E-state index in [4.69, 9.17) is 4.74 Å². The molecule has 1 atom stereocenters. The van der Waals surface area contributed by atoms with E-state index in [1.54, 1.807) is 70.3 Å².